The lowest BCUT2D eigenvalue weighted by molar-refractivity contribution is -0.113. The van der Waals surface area contributed by atoms with Crippen molar-refractivity contribution >= 4 is 44.8 Å². The van der Waals surface area contributed by atoms with Crippen LogP contribution in [0.4, 0.5) is 0 Å². The van der Waals surface area contributed by atoms with Crippen LogP contribution >= 0.6 is 21.6 Å². The molecule has 0 heterocycles. The number of hydrogen-bond donors (Lipinski definition) is 4. The molecule has 0 fully saturated rings. The minimum absolute atomic E-state index is 0.161. The average Bonchev–Trinajstić information content (AvgIpc) is 3.17. The van der Waals surface area contributed by atoms with Gasteiger partial charge in [0.1, 0.15) is 24.7 Å². The van der Waals surface area contributed by atoms with Gasteiger partial charge in [0, 0.05) is 23.3 Å². The van der Waals surface area contributed by atoms with E-state index in [-0.39, 0.29) is 11.4 Å². The summed E-state index contributed by atoms with van der Waals surface area (Å²) in [5.41, 5.74) is 15.1. The minimum atomic E-state index is -0.831. The maximum atomic E-state index is 12.1. The van der Waals surface area contributed by atoms with E-state index in [9.17, 15) is 20.0 Å². The largest absolute Gasteiger partial charge is 0.489 e. The van der Waals surface area contributed by atoms with Crippen molar-refractivity contribution in [3.05, 3.63) is 130 Å². The van der Waals surface area contributed by atoms with Gasteiger partial charge in [-0.05, 0) is 83.6 Å². The van der Waals surface area contributed by atoms with Crippen LogP contribution in [0.15, 0.2) is 107 Å². The Hall–Kier alpha value is -5.96. The minimum Gasteiger partial charge on any atom is -0.489 e. The van der Waals surface area contributed by atoms with E-state index in [4.69, 9.17) is 31.5 Å². The fourth-order valence-corrected chi connectivity index (χ4v) is 7.41. The zero-order valence-corrected chi connectivity index (χ0v) is 29.6. The van der Waals surface area contributed by atoms with Crippen LogP contribution in [-0.2, 0) is 22.8 Å². The van der Waals surface area contributed by atoms with Crippen LogP contribution in [0.5, 0.6) is 11.5 Å². The highest BCUT2D eigenvalue weighted by Gasteiger charge is 2.25. The van der Waals surface area contributed by atoms with Gasteiger partial charge >= 0.3 is 0 Å². The molecule has 6 N–H and O–H groups in total. The molecular formula is C38H36N6O6S2. The molecule has 2 amide bonds. The van der Waals surface area contributed by atoms with Crippen LogP contribution in [0, 0.1) is 22.7 Å². The molecule has 4 rings (SSSR count). The lowest BCUT2D eigenvalue weighted by Gasteiger charge is -2.18. The standard InChI is InChI=1S/C38H36N6O6S2/c39-21-25-1-5-27(6-2-25)23-49-31-13-9-29(10-14-31)33(35(43-47)37(41)45)17-19-51-52-20-18-34(36(44-48)38(42)46)30-11-15-32(16-12-30)50-24-28-7-3-26(22-40)4-8-28/h1-16,33-34,47-48H,17-20,23-24H2,(H2,41,45)(H2,42,46). The molecular weight excluding hydrogens is 701 g/mol. The predicted octanol–water partition coefficient (Wildman–Crippen LogP) is 6.25. The summed E-state index contributed by atoms with van der Waals surface area (Å²) in [6, 6.07) is 32.5. The third-order valence-corrected chi connectivity index (χ3v) is 10.5. The van der Waals surface area contributed by atoms with Crippen LogP contribution in [0.25, 0.3) is 0 Å². The maximum absolute atomic E-state index is 12.1. The van der Waals surface area contributed by atoms with E-state index in [1.165, 1.54) is 21.6 Å². The first-order chi connectivity index (χ1) is 25.3. The third-order valence-electron chi connectivity index (χ3n) is 7.99. The molecule has 0 bridgehead atoms. The highest BCUT2D eigenvalue weighted by atomic mass is 33.1. The Labute approximate surface area is 309 Å². The molecule has 4 aromatic rings. The second-order valence-electron chi connectivity index (χ2n) is 11.4. The monoisotopic (exact) mass is 736 g/mol. The summed E-state index contributed by atoms with van der Waals surface area (Å²) in [5, 5.41) is 43.6. The summed E-state index contributed by atoms with van der Waals surface area (Å²) < 4.78 is 11.7. The SMILES string of the molecule is N#Cc1ccc(COc2ccc(C(CCSSCCC(C(=NO)C(N)=O)c3ccc(OCc4ccc(C#N)cc4)cc3)C(=NO)C(N)=O)cc2)cc1. The predicted molar refractivity (Wildman–Crippen MR) is 200 cm³/mol. The molecule has 52 heavy (non-hydrogen) atoms. The van der Waals surface area contributed by atoms with Crippen LogP contribution in [0.3, 0.4) is 0 Å². The number of ether oxygens (including phenoxy) is 2. The first-order valence-electron chi connectivity index (χ1n) is 16.0. The number of oxime groups is 2. The second kappa shape index (κ2) is 20.0. The van der Waals surface area contributed by atoms with Crippen molar-refractivity contribution in [3.63, 3.8) is 0 Å². The topological polar surface area (TPSA) is 217 Å². The molecule has 0 spiro atoms. The number of amides is 2. The lowest BCUT2D eigenvalue weighted by atomic mass is 9.91. The molecule has 0 aliphatic carbocycles. The number of nitriles is 2. The molecule has 0 saturated carbocycles. The Kier molecular flexibility index (Phi) is 15.0. The average molecular weight is 737 g/mol. The van der Waals surface area contributed by atoms with Crippen molar-refractivity contribution in [2.45, 2.75) is 37.9 Å². The number of carbonyl (C=O) groups is 2. The first-order valence-corrected chi connectivity index (χ1v) is 18.5. The summed E-state index contributed by atoms with van der Waals surface area (Å²) in [7, 11) is 3.06. The van der Waals surface area contributed by atoms with E-state index in [0.29, 0.717) is 60.2 Å². The van der Waals surface area contributed by atoms with Gasteiger partial charge in [-0.3, -0.25) is 9.59 Å². The molecule has 2 unspecified atom stereocenters. The molecule has 0 aromatic heterocycles. The number of carbonyl (C=O) groups excluding carboxylic acids is 2. The number of rotatable bonds is 19. The first kappa shape index (κ1) is 38.8. The van der Waals surface area contributed by atoms with E-state index in [1.807, 2.05) is 24.3 Å². The highest BCUT2D eigenvalue weighted by Crippen LogP contribution is 2.33. The zero-order chi connectivity index (χ0) is 37.3. The Morgan fingerprint density at radius 2 is 0.962 bits per heavy atom. The van der Waals surface area contributed by atoms with Crippen LogP contribution in [-0.4, -0.2) is 45.2 Å². The number of hydrogen-bond acceptors (Lipinski definition) is 12. The lowest BCUT2D eigenvalue weighted by Crippen LogP contribution is -2.29. The molecule has 266 valence electrons. The molecule has 0 saturated heterocycles. The molecule has 0 aliphatic heterocycles. The summed E-state index contributed by atoms with van der Waals surface area (Å²) in [6.45, 7) is 0.610. The van der Waals surface area contributed by atoms with Gasteiger partial charge < -0.3 is 31.4 Å². The van der Waals surface area contributed by atoms with E-state index in [2.05, 4.69) is 22.4 Å². The van der Waals surface area contributed by atoms with Crippen LogP contribution in [0.2, 0.25) is 0 Å². The Morgan fingerprint density at radius 1 is 0.615 bits per heavy atom. The van der Waals surface area contributed by atoms with Gasteiger partial charge in [-0.15, -0.1) is 0 Å². The number of nitrogens with zero attached hydrogens (tertiary/aromatic N) is 4. The van der Waals surface area contributed by atoms with Gasteiger partial charge in [0.2, 0.25) is 0 Å². The van der Waals surface area contributed by atoms with Gasteiger partial charge in [-0.2, -0.15) is 10.5 Å². The Bertz CT molecular complexity index is 1800. The fraction of sp³-hybridized carbons (Fsp3) is 0.211. The van der Waals surface area contributed by atoms with E-state index < -0.39 is 23.7 Å². The van der Waals surface area contributed by atoms with Crippen molar-refractivity contribution in [2.24, 2.45) is 21.8 Å². The molecule has 12 nitrogen and oxygen atoms in total. The molecule has 14 heteroatoms. The van der Waals surface area contributed by atoms with Crippen molar-refractivity contribution in [2.75, 3.05) is 11.5 Å². The van der Waals surface area contributed by atoms with Gasteiger partial charge in [0.05, 0.1) is 23.3 Å². The fourth-order valence-electron chi connectivity index (χ4n) is 5.23. The smallest absolute Gasteiger partial charge is 0.267 e. The van der Waals surface area contributed by atoms with E-state index >= 15 is 0 Å². The quantitative estimate of drug-likeness (QED) is 0.0279. The Balaban J connectivity index is 1.32. The van der Waals surface area contributed by atoms with E-state index in [0.717, 1.165) is 22.3 Å². The number of benzene rings is 4. The molecule has 2 atom stereocenters. The highest BCUT2D eigenvalue weighted by molar-refractivity contribution is 8.76. The Morgan fingerprint density at radius 3 is 1.25 bits per heavy atom. The number of nitrogens with two attached hydrogens (primary N) is 2. The van der Waals surface area contributed by atoms with Crippen molar-refractivity contribution in [3.8, 4) is 23.6 Å². The van der Waals surface area contributed by atoms with E-state index in [1.54, 1.807) is 72.8 Å². The summed E-state index contributed by atoms with van der Waals surface area (Å²) in [4.78, 5) is 24.3. The van der Waals surface area contributed by atoms with Gasteiger partial charge in [-0.1, -0.05) is 80.4 Å². The number of primary amides is 2. The van der Waals surface area contributed by atoms with Gasteiger partial charge in [0.25, 0.3) is 11.8 Å². The normalized spacial score (nSPS) is 12.6. The molecule has 4 aromatic carbocycles. The summed E-state index contributed by atoms with van der Waals surface area (Å²) in [5.74, 6) is -0.492. The third kappa shape index (κ3) is 11.3. The molecule has 0 aliphatic rings. The zero-order valence-electron chi connectivity index (χ0n) is 27.9. The summed E-state index contributed by atoms with van der Waals surface area (Å²) in [6.07, 6.45) is 0.868. The second-order valence-corrected chi connectivity index (χ2v) is 14.1. The van der Waals surface area contributed by atoms with Crippen molar-refractivity contribution in [1.82, 2.24) is 0 Å². The summed E-state index contributed by atoms with van der Waals surface area (Å²) >= 11 is 0. The van der Waals surface area contributed by atoms with Gasteiger partial charge in [-0.25, -0.2) is 0 Å². The van der Waals surface area contributed by atoms with Crippen molar-refractivity contribution in [1.29, 1.82) is 10.5 Å². The van der Waals surface area contributed by atoms with Gasteiger partial charge in [0.15, 0.2) is 11.4 Å². The van der Waals surface area contributed by atoms with Crippen LogP contribution < -0.4 is 20.9 Å². The molecule has 0 radical (unpaired) electrons. The van der Waals surface area contributed by atoms with Crippen molar-refractivity contribution < 1.29 is 29.5 Å². The van der Waals surface area contributed by atoms with Crippen LogP contribution in [0.1, 0.15) is 58.1 Å². The maximum Gasteiger partial charge on any atom is 0.267 e.